The Bertz CT molecular complexity index is 1240. The molecule has 1 aliphatic rings. The van der Waals surface area contributed by atoms with E-state index in [1.165, 1.54) is 16.5 Å². The average molecular weight is 464 g/mol. The fraction of sp³-hybridized carbons (Fsp3) is 0.192. The van der Waals surface area contributed by atoms with Gasteiger partial charge in [0.25, 0.3) is 0 Å². The van der Waals surface area contributed by atoms with Crippen molar-refractivity contribution >= 4 is 40.5 Å². The molecule has 1 N–H and O–H groups in total. The lowest BCUT2D eigenvalue weighted by Gasteiger charge is -2.23. The van der Waals surface area contributed by atoms with Crippen molar-refractivity contribution in [3.63, 3.8) is 0 Å². The second-order valence-corrected chi connectivity index (χ2v) is 8.55. The van der Waals surface area contributed by atoms with Crippen molar-refractivity contribution in [2.75, 3.05) is 23.3 Å². The van der Waals surface area contributed by atoms with Crippen molar-refractivity contribution in [1.82, 2.24) is 0 Å². The summed E-state index contributed by atoms with van der Waals surface area (Å²) in [4.78, 5) is 31.5. The third kappa shape index (κ3) is 4.96. The number of aliphatic imine (C=N–C) groups is 1. The summed E-state index contributed by atoms with van der Waals surface area (Å²) in [5.74, 6) is -0.784. The molecule has 33 heavy (non-hydrogen) atoms. The van der Waals surface area contributed by atoms with Crippen molar-refractivity contribution in [1.29, 1.82) is 0 Å². The molecular weight excluding hydrogens is 441 g/mol. The van der Waals surface area contributed by atoms with Gasteiger partial charge in [-0.3, -0.25) is 14.6 Å². The van der Waals surface area contributed by atoms with Crippen molar-refractivity contribution < 1.29 is 14.0 Å². The third-order valence-corrected chi connectivity index (χ3v) is 5.70. The molecule has 1 heterocycles. The Morgan fingerprint density at radius 1 is 1.09 bits per heavy atom. The van der Waals surface area contributed by atoms with Crippen LogP contribution in [0.4, 0.5) is 15.8 Å². The Morgan fingerprint density at radius 2 is 1.82 bits per heavy atom. The first-order valence-electron chi connectivity index (χ1n) is 10.6. The van der Waals surface area contributed by atoms with E-state index in [-0.39, 0.29) is 30.5 Å². The van der Waals surface area contributed by atoms with Crippen LogP contribution in [-0.2, 0) is 9.59 Å². The number of nitrogens with zero attached hydrogens (tertiary/aromatic N) is 2. The summed E-state index contributed by atoms with van der Waals surface area (Å²) >= 11 is 6.22. The fourth-order valence-corrected chi connectivity index (χ4v) is 3.91. The number of benzodiazepines with no additional fused rings is 1. The van der Waals surface area contributed by atoms with E-state index in [1.807, 2.05) is 24.3 Å². The predicted molar refractivity (Wildman–Crippen MR) is 130 cm³/mol. The van der Waals surface area contributed by atoms with Gasteiger partial charge in [0.15, 0.2) is 0 Å². The molecule has 5 nitrogen and oxygen atoms in total. The van der Waals surface area contributed by atoms with Crippen LogP contribution in [-0.4, -0.2) is 30.6 Å². The van der Waals surface area contributed by atoms with Gasteiger partial charge in [0.1, 0.15) is 18.9 Å². The molecule has 168 valence electrons. The Labute approximate surface area is 196 Å². The second kappa shape index (κ2) is 9.55. The van der Waals surface area contributed by atoms with Gasteiger partial charge in [-0.05, 0) is 53.9 Å². The van der Waals surface area contributed by atoms with Crippen molar-refractivity contribution in [2.24, 2.45) is 4.99 Å². The minimum absolute atomic E-state index is 0.209. The Hall–Kier alpha value is -3.51. The Morgan fingerprint density at radius 3 is 2.52 bits per heavy atom. The van der Waals surface area contributed by atoms with Crippen LogP contribution in [0, 0.1) is 5.82 Å². The summed E-state index contributed by atoms with van der Waals surface area (Å²) < 4.78 is 14.5. The van der Waals surface area contributed by atoms with Crippen molar-refractivity contribution in [2.45, 2.75) is 19.8 Å². The summed E-state index contributed by atoms with van der Waals surface area (Å²) in [6, 6.07) is 18.8. The van der Waals surface area contributed by atoms with E-state index in [1.54, 1.807) is 36.4 Å². The summed E-state index contributed by atoms with van der Waals surface area (Å²) in [7, 11) is 0. The maximum atomic E-state index is 14.5. The Balaban J connectivity index is 1.63. The molecule has 0 bridgehead atoms. The van der Waals surface area contributed by atoms with Crippen molar-refractivity contribution in [3.8, 4) is 0 Å². The molecule has 4 rings (SSSR count). The third-order valence-electron chi connectivity index (χ3n) is 5.47. The SMILES string of the molecule is CC(C)c1ccc(NC(=O)CN2C(=O)CN=C(c3ccccc3F)c3cc(Cl)ccc32)cc1. The number of amides is 2. The van der Waals surface area contributed by atoms with Crippen LogP contribution in [0.2, 0.25) is 5.02 Å². The highest BCUT2D eigenvalue weighted by atomic mass is 35.5. The maximum absolute atomic E-state index is 14.5. The number of anilines is 2. The van der Waals surface area contributed by atoms with E-state index in [0.717, 1.165) is 0 Å². The van der Waals surface area contributed by atoms with Gasteiger partial charge >= 0.3 is 0 Å². The van der Waals surface area contributed by atoms with E-state index < -0.39 is 5.82 Å². The van der Waals surface area contributed by atoms with E-state index >= 15 is 0 Å². The van der Waals surface area contributed by atoms with Crippen LogP contribution in [0.15, 0.2) is 71.7 Å². The molecule has 0 aliphatic carbocycles. The highest BCUT2D eigenvalue weighted by Gasteiger charge is 2.28. The van der Waals surface area contributed by atoms with Gasteiger partial charge in [-0.1, -0.05) is 49.7 Å². The zero-order valence-electron chi connectivity index (χ0n) is 18.3. The van der Waals surface area contributed by atoms with Crippen LogP contribution in [0.5, 0.6) is 0 Å². The van der Waals surface area contributed by atoms with Gasteiger partial charge in [0, 0.05) is 21.8 Å². The molecule has 7 heteroatoms. The largest absolute Gasteiger partial charge is 0.325 e. The van der Waals surface area contributed by atoms with E-state index in [2.05, 4.69) is 24.2 Å². The lowest BCUT2D eigenvalue weighted by Crippen LogP contribution is -2.39. The molecule has 0 radical (unpaired) electrons. The van der Waals surface area contributed by atoms with Gasteiger partial charge in [-0.15, -0.1) is 0 Å². The molecule has 3 aromatic rings. The minimum atomic E-state index is -0.453. The number of hydrogen-bond donors (Lipinski definition) is 1. The first-order valence-corrected chi connectivity index (χ1v) is 11.0. The van der Waals surface area contributed by atoms with Crippen LogP contribution in [0.3, 0.4) is 0 Å². The topological polar surface area (TPSA) is 61.8 Å². The number of halogens is 2. The van der Waals surface area contributed by atoms with Gasteiger partial charge in [-0.25, -0.2) is 4.39 Å². The van der Waals surface area contributed by atoms with Crippen LogP contribution < -0.4 is 10.2 Å². The van der Waals surface area contributed by atoms with Crippen molar-refractivity contribution in [3.05, 3.63) is 94.3 Å². The molecule has 0 atom stereocenters. The highest BCUT2D eigenvalue weighted by Crippen LogP contribution is 2.30. The Kier molecular flexibility index (Phi) is 6.56. The normalized spacial score (nSPS) is 13.4. The van der Waals surface area contributed by atoms with E-state index in [4.69, 9.17) is 11.6 Å². The number of carbonyl (C=O) groups excluding carboxylic acids is 2. The lowest BCUT2D eigenvalue weighted by molar-refractivity contribution is -0.120. The number of nitrogens with one attached hydrogen (secondary N) is 1. The summed E-state index contributed by atoms with van der Waals surface area (Å²) in [6.07, 6.45) is 0. The van der Waals surface area contributed by atoms with Gasteiger partial charge in [-0.2, -0.15) is 0 Å². The summed E-state index contributed by atoms with van der Waals surface area (Å²) in [5, 5.41) is 3.25. The molecule has 0 aromatic heterocycles. The highest BCUT2D eigenvalue weighted by molar-refractivity contribution is 6.32. The number of rotatable bonds is 5. The molecule has 0 fully saturated rings. The van der Waals surface area contributed by atoms with Gasteiger partial charge in [0.2, 0.25) is 11.8 Å². The molecule has 1 aliphatic heterocycles. The van der Waals surface area contributed by atoms with Gasteiger partial charge in [0.05, 0.1) is 11.4 Å². The zero-order chi connectivity index (χ0) is 23.5. The maximum Gasteiger partial charge on any atom is 0.249 e. The van der Waals surface area contributed by atoms with Crippen LogP contribution in [0.1, 0.15) is 36.5 Å². The first-order chi connectivity index (χ1) is 15.8. The molecule has 0 saturated heterocycles. The molecular formula is C26H23ClFN3O2. The smallest absolute Gasteiger partial charge is 0.249 e. The second-order valence-electron chi connectivity index (χ2n) is 8.11. The molecule has 0 unspecified atom stereocenters. The standard InChI is InChI=1S/C26H23ClFN3O2/c1-16(2)17-7-10-19(11-8-17)30-24(32)15-31-23-12-9-18(27)13-21(23)26(29-14-25(31)33)20-5-3-4-6-22(20)28/h3-13,16H,14-15H2,1-2H3,(H,30,32). The molecule has 3 aromatic carbocycles. The number of hydrogen-bond acceptors (Lipinski definition) is 3. The van der Waals surface area contributed by atoms with E-state index in [9.17, 15) is 14.0 Å². The van der Waals surface area contributed by atoms with E-state index in [0.29, 0.717) is 33.6 Å². The predicted octanol–water partition coefficient (Wildman–Crippen LogP) is 5.43. The molecule has 0 saturated carbocycles. The quantitative estimate of drug-likeness (QED) is 0.548. The monoisotopic (exact) mass is 463 g/mol. The van der Waals surface area contributed by atoms with Crippen LogP contribution >= 0.6 is 11.6 Å². The fourth-order valence-electron chi connectivity index (χ4n) is 3.74. The number of fused-ring (bicyclic) bond motifs is 1. The first kappa shape index (κ1) is 22.7. The molecule has 2 amide bonds. The van der Waals surface area contributed by atoms with Gasteiger partial charge < -0.3 is 10.2 Å². The lowest BCUT2D eigenvalue weighted by atomic mass is 9.99. The summed E-state index contributed by atoms with van der Waals surface area (Å²) in [5.41, 5.74) is 3.35. The zero-order valence-corrected chi connectivity index (χ0v) is 19.1. The number of carbonyl (C=O) groups is 2. The molecule has 0 spiro atoms. The van der Waals surface area contributed by atoms with Crippen LogP contribution in [0.25, 0.3) is 0 Å². The minimum Gasteiger partial charge on any atom is -0.325 e. The summed E-state index contributed by atoms with van der Waals surface area (Å²) in [6.45, 7) is 3.77. The average Bonchev–Trinajstić information content (AvgIpc) is 2.91. The number of benzene rings is 3.